The second kappa shape index (κ2) is 10.0. The second-order valence-corrected chi connectivity index (χ2v) is 8.67. The molecule has 3 rings (SSSR count). The summed E-state index contributed by atoms with van der Waals surface area (Å²) in [5, 5.41) is 7.91. The lowest BCUT2D eigenvalue weighted by atomic mass is 9.91. The minimum absolute atomic E-state index is 0.806. The number of hydrogen-bond donors (Lipinski definition) is 2. The zero-order chi connectivity index (χ0) is 15.7. The van der Waals surface area contributed by atoms with E-state index in [0.717, 1.165) is 24.0 Å². The molecular weight excluding hydrogens is 280 g/mol. The van der Waals surface area contributed by atoms with Gasteiger partial charge in [0.1, 0.15) is 0 Å². The minimum atomic E-state index is 0.806. The molecule has 0 heterocycles. The van der Waals surface area contributed by atoms with E-state index in [0.29, 0.717) is 0 Å². The molecule has 2 nitrogen and oxygen atoms in total. The zero-order valence-corrected chi connectivity index (χ0v) is 15.3. The highest BCUT2D eigenvalue weighted by Crippen LogP contribution is 2.25. The van der Waals surface area contributed by atoms with Crippen molar-refractivity contribution >= 4 is 0 Å². The molecule has 2 atom stereocenters. The lowest BCUT2D eigenvalue weighted by molar-refractivity contribution is 0.283. The van der Waals surface area contributed by atoms with Crippen molar-refractivity contribution in [1.29, 1.82) is 0 Å². The van der Waals surface area contributed by atoms with Crippen LogP contribution >= 0.6 is 0 Å². The first-order valence-electron chi connectivity index (χ1n) is 10.9. The lowest BCUT2D eigenvalue weighted by Crippen LogP contribution is -2.42. The van der Waals surface area contributed by atoms with Gasteiger partial charge in [0.15, 0.2) is 0 Å². The Labute approximate surface area is 144 Å². The maximum atomic E-state index is 3.97. The van der Waals surface area contributed by atoms with Crippen LogP contribution in [0.2, 0.25) is 0 Å². The molecule has 2 unspecified atom stereocenters. The SMILES string of the molecule is C1CCCC(CNC2CCCCC(NC3CCC3)CCC2)CC1. The van der Waals surface area contributed by atoms with Crippen LogP contribution in [-0.2, 0) is 0 Å². The summed E-state index contributed by atoms with van der Waals surface area (Å²) in [5.74, 6) is 0.971. The van der Waals surface area contributed by atoms with Crippen molar-refractivity contribution in [3.63, 3.8) is 0 Å². The van der Waals surface area contributed by atoms with Crippen LogP contribution in [0.5, 0.6) is 0 Å². The molecule has 0 radical (unpaired) electrons. The van der Waals surface area contributed by atoms with E-state index in [1.54, 1.807) is 0 Å². The van der Waals surface area contributed by atoms with E-state index in [1.807, 2.05) is 0 Å². The molecule has 0 bridgehead atoms. The van der Waals surface area contributed by atoms with Crippen LogP contribution in [-0.4, -0.2) is 24.7 Å². The molecule has 3 aliphatic carbocycles. The fraction of sp³-hybridized carbons (Fsp3) is 1.00. The summed E-state index contributed by atoms with van der Waals surface area (Å²) in [6, 6.07) is 2.49. The molecule has 0 aliphatic heterocycles. The van der Waals surface area contributed by atoms with Gasteiger partial charge in [-0.1, -0.05) is 51.4 Å². The van der Waals surface area contributed by atoms with E-state index in [9.17, 15) is 0 Å². The van der Waals surface area contributed by atoms with Gasteiger partial charge in [-0.25, -0.2) is 0 Å². The van der Waals surface area contributed by atoms with Crippen molar-refractivity contribution in [2.75, 3.05) is 6.54 Å². The Morgan fingerprint density at radius 3 is 1.61 bits per heavy atom. The van der Waals surface area contributed by atoms with Gasteiger partial charge in [0, 0.05) is 18.1 Å². The summed E-state index contributed by atoms with van der Waals surface area (Å²) in [4.78, 5) is 0. The largest absolute Gasteiger partial charge is 0.314 e. The average molecular weight is 321 g/mol. The zero-order valence-electron chi connectivity index (χ0n) is 15.3. The fourth-order valence-electron chi connectivity index (χ4n) is 4.86. The van der Waals surface area contributed by atoms with E-state index in [1.165, 1.54) is 109 Å². The molecule has 0 aromatic heterocycles. The number of rotatable bonds is 5. The molecule has 23 heavy (non-hydrogen) atoms. The molecule has 134 valence electrons. The van der Waals surface area contributed by atoms with Crippen LogP contribution in [0.1, 0.15) is 103 Å². The predicted molar refractivity (Wildman–Crippen MR) is 99.9 cm³/mol. The topological polar surface area (TPSA) is 24.1 Å². The van der Waals surface area contributed by atoms with Crippen LogP contribution in [0.15, 0.2) is 0 Å². The number of hydrogen-bond acceptors (Lipinski definition) is 2. The third-order valence-electron chi connectivity index (χ3n) is 6.71. The first-order chi connectivity index (χ1) is 11.4. The van der Waals surface area contributed by atoms with E-state index in [4.69, 9.17) is 0 Å². The van der Waals surface area contributed by atoms with Gasteiger partial charge in [-0.2, -0.15) is 0 Å². The summed E-state index contributed by atoms with van der Waals surface area (Å²) in [7, 11) is 0. The monoisotopic (exact) mass is 320 g/mol. The van der Waals surface area contributed by atoms with Crippen LogP contribution in [0.3, 0.4) is 0 Å². The quantitative estimate of drug-likeness (QED) is 0.683. The van der Waals surface area contributed by atoms with Crippen molar-refractivity contribution in [3.8, 4) is 0 Å². The molecule has 2 N–H and O–H groups in total. The van der Waals surface area contributed by atoms with E-state index >= 15 is 0 Å². The summed E-state index contributed by atoms with van der Waals surface area (Å²) < 4.78 is 0. The summed E-state index contributed by atoms with van der Waals surface area (Å²) >= 11 is 0. The Morgan fingerprint density at radius 2 is 0.957 bits per heavy atom. The van der Waals surface area contributed by atoms with E-state index in [2.05, 4.69) is 10.6 Å². The van der Waals surface area contributed by atoms with E-state index < -0.39 is 0 Å². The van der Waals surface area contributed by atoms with Gasteiger partial charge in [0.25, 0.3) is 0 Å². The number of nitrogens with one attached hydrogen (secondary N) is 2. The Kier molecular flexibility index (Phi) is 7.74. The first-order valence-corrected chi connectivity index (χ1v) is 10.9. The summed E-state index contributed by atoms with van der Waals surface area (Å²) in [6.45, 7) is 1.30. The van der Waals surface area contributed by atoms with Crippen LogP contribution in [0, 0.1) is 5.92 Å². The minimum Gasteiger partial charge on any atom is -0.314 e. The molecule has 3 aliphatic rings. The average Bonchev–Trinajstić information content (AvgIpc) is 2.72. The van der Waals surface area contributed by atoms with Gasteiger partial charge in [-0.15, -0.1) is 0 Å². The van der Waals surface area contributed by atoms with Gasteiger partial charge < -0.3 is 10.6 Å². The van der Waals surface area contributed by atoms with Gasteiger partial charge in [0.2, 0.25) is 0 Å². The second-order valence-electron chi connectivity index (χ2n) is 8.67. The molecule has 0 aromatic carbocycles. The van der Waals surface area contributed by atoms with Gasteiger partial charge >= 0.3 is 0 Å². The Morgan fingerprint density at radius 1 is 0.478 bits per heavy atom. The normalized spacial score (nSPS) is 32.3. The molecular formula is C21H40N2. The highest BCUT2D eigenvalue weighted by molar-refractivity contribution is 4.82. The van der Waals surface area contributed by atoms with Crippen LogP contribution in [0.25, 0.3) is 0 Å². The summed E-state index contributed by atoms with van der Waals surface area (Å²) in [5.41, 5.74) is 0. The third kappa shape index (κ3) is 6.38. The Bertz CT molecular complexity index is 305. The van der Waals surface area contributed by atoms with Crippen molar-refractivity contribution in [2.24, 2.45) is 5.92 Å². The molecule has 0 aromatic rings. The van der Waals surface area contributed by atoms with Gasteiger partial charge in [0.05, 0.1) is 0 Å². The molecule has 3 saturated carbocycles. The van der Waals surface area contributed by atoms with Gasteiger partial charge in [-0.05, 0) is 63.8 Å². The van der Waals surface area contributed by atoms with Crippen molar-refractivity contribution in [2.45, 2.75) is 121 Å². The fourth-order valence-corrected chi connectivity index (χ4v) is 4.86. The maximum Gasteiger partial charge on any atom is 0.00696 e. The van der Waals surface area contributed by atoms with Crippen LogP contribution < -0.4 is 10.6 Å². The standard InChI is InChI=1S/C21H40N2/c1-2-4-10-18(9-3-1)17-22-19-11-5-6-12-20(14-7-13-19)23-21-15-8-16-21/h18-23H,1-17H2. The third-order valence-corrected chi connectivity index (χ3v) is 6.71. The Balaban J connectivity index is 1.35. The molecule has 0 saturated heterocycles. The molecule has 0 spiro atoms. The highest BCUT2D eigenvalue weighted by atomic mass is 15.0. The lowest BCUT2D eigenvalue weighted by Gasteiger charge is -2.31. The molecule has 3 fully saturated rings. The maximum absolute atomic E-state index is 3.97. The first kappa shape index (κ1) is 17.7. The van der Waals surface area contributed by atoms with Crippen molar-refractivity contribution in [1.82, 2.24) is 10.6 Å². The van der Waals surface area contributed by atoms with Gasteiger partial charge in [-0.3, -0.25) is 0 Å². The smallest absolute Gasteiger partial charge is 0.00696 e. The van der Waals surface area contributed by atoms with Crippen molar-refractivity contribution < 1.29 is 0 Å². The van der Waals surface area contributed by atoms with E-state index in [-0.39, 0.29) is 0 Å². The predicted octanol–water partition coefficient (Wildman–Crippen LogP) is 5.17. The molecule has 0 amide bonds. The Hall–Kier alpha value is -0.0800. The molecule has 2 heteroatoms. The van der Waals surface area contributed by atoms with Crippen LogP contribution in [0.4, 0.5) is 0 Å². The highest BCUT2D eigenvalue weighted by Gasteiger charge is 2.22. The summed E-state index contributed by atoms with van der Waals surface area (Å²) in [6.07, 6.45) is 23.2. The van der Waals surface area contributed by atoms with Crippen molar-refractivity contribution in [3.05, 3.63) is 0 Å².